The quantitative estimate of drug-likeness (QED) is 0.332. The van der Waals surface area contributed by atoms with E-state index in [1.165, 1.54) is 0 Å². The molecule has 0 aromatic rings. The summed E-state index contributed by atoms with van der Waals surface area (Å²) in [5, 5.41) is 33.5. The van der Waals surface area contributed by atoms with E-state index in [0.29, 0.717) is 6.08 Å². The fourth-order valence-electron chi connectivity index (χ4n) is 0.674. The van der Waals surface area contributed by atoms with E-state index in [-0.39, 0.29) is 18.4 Å². The number of hydrogen-bond acceptors (Lipinski definition) is 4. The lowest BCUT2D eigenvalue weighted by atomic mass is 10.1. The van der Waals surface area contributed by atoms with Gasteiger partial charge in [0.2, 0.25) is 0 Å². The highest BCUT2D eigenvalue weighted by Crippen LogP contribution is 2.06. The minimum Gasteiger partial charge on any atom is -0.478 e. The second-order valence-electron chi connectivity index (χ2n) is 2.33. The van der Waals surface area contributed by atoms with E-state index >= 15 is 0 Å². The standard InChI is InChI=1S/C7H10O6/c8-5(9)2-1-4(7(12)13)3-6(10)11/h3,5,8-9H,1-2H2,(H,10,11)(H,12,13)/b4-3+. The number of carboxylic acids is 2. The Balaban J connectivity index is 4.28. The van der Waals surface area contributed by atoms with Crippen molar-refractivity contribution in [3.63, 3.8) is 0 Å². The van der Waals surface area contributed by atoms with Crippen LogP contribution < -0.4 is 0 Å². The van der Waals surface area contributed by atoms with Gasteiger partial charge in [0.1, 0.15) is 0 Å². The van der Waals surface area contributed by atoms with Crippen molar-refractivity contribution in [3.8, 4) is 0 Å². The SMILES string of the molecule is O=C(O)/C=C(\CCC(O)O)C(=O)O. The molecule has 0 amide bonds. The van der Waals surface area contributed by atoms with Crippen LogP contribution in [0.4, 0.5) is 0 Å². The minimum absolute atomic E-state index is 0.195. The fraction of sp³-hybridized carbons (Fsp3) is 0.429. The topological polar surface area (TPSA) is 115 Å². The van der Waals surface area contributed by atoms with E-state index in [9.17, 15) is 9.59 Å². The van der Waals surface area contributed by atoms with Crippen LogP contribution in [-0.4, -0.2) is 38.7 Å². The predicted molar refractivity (Wildman–Crippen MR) is 40.8 cm³/mol. The van der Waals surface area contributed by atoms with Gasteiger partial charge in [-0.25, -0.2) is 9.59 Å². The lowest BCUT2D eigenvalue weighted by molar-refractivity contribution is -0.135. The largest absolute Gasteiger partial charge is 0.478 e. The molecule has 0 unspecified atom stereocenters. The van der Waals surface area contributed by atoms with Crippen molar-refractivity contribution in [2.45, 2.75) is 19.1 Å². The van der Waals surface area contributed by atoms with Crippen LogP contribution in [0, 0.1) is 0 Å². The highest BCUT2D eigenvalue weighted by atomic mass is 16.5. The number of aliphatic carboxylic acids is 2. The Morgan fingerprint density at radius 3 is 2.08 bits per heavy atom. The monoisotopic (exact) mass is 190 g/mol. The summed E-state index contributed by atoms with van der Waals surface area (Å²) in [6, 6.07) is 0. The maximum atomic E-state index is 10.4. The summed E-state index contributed by atoms with van der Waals surface area (Å²) < 4.78 is 0. The molecule has 0 saturated carbocycles. The van der Waals surface area contributed by atoms with Gasteiger partial charge in [-0.15, -0.1) is 0 Å². The second-order valence-corrected chi connectivity index (χ2v) is 2.33. The Morgan fingerprint density at radius 2 is 1.77 bits per heavy atom. The molecular formula is C7H10O6. The molecule has 4 N–H and O–H groups in total. The normalized spacial score (nSPS) is 11.8. The molecule has 0 heterocycles. The first-order chi connectivity index (χ1) is 5.93. The Hall–Kier alpha value is -1.40. The molecule has 0 saturated heterocycles. The number of carboxylic acid groups (broad SMARTS) is 2. The van der Waals surface area contributed by atoms with Crippen LogP contribution in [0.25, 0.3) is 0 Å². The zero-order valence-corrected chi connectivity index (χ0v) is 6.67. The van der Waals surface area contributed by atoms with E-state index in [0.717, 1.165) is 0 Å². The molecule has 0 aliphatic carbocycles. The fourth-order valence-corrected chi connectivity index (χ4v) is 0.674. The van der Waals surface area contributed by atoms with Crippen molar-refractivity contribution in [1.82, 2.24) is 0 Å². The molecule has 0 atom stereocenters. The number of rotatable bonds is 5. The third kappa shape index (κ3) is 5.83. The minimum atomic E-state index is -1.63. The van der Waals surface area contributed by atoms with Gasteiger partial charge >= 0.3 is 11.9 Å². The molecular weight excluding hydrogens is 180 g/mol. The van der Waals surface area contributed by atoms with Gasteiger partial charge in [0.05, 0.1) is 0 Å². The summed E-state index contributed by atoms with van der Waals surface area (Å²) in [6.45, 7) is 0. The van der Waals surface area contributed by atoms with Gasteiger partial charge in [0, 0.05) is 18.1 Å². The zero-order chi connectivity index (χ0) is 10.4. The molecule has 0 fully saturated rings. The van der Waals surface area contributed by atoms with Gasteiger partial charge in [-0.1, -0.05) is 0 Å². The van der Waals surface area contributed by atoms with Gasteiger partial charge in [0.15, 0.2) is 6.29 Å². The molecule has 74 valence electrons. The first-order valence-corrected chi connectivity index (χ1v) is 3.46. The first-order valence-electron chi connectivity index (χ1n) is 3.46. The van der Waals surface area contributed by atoms with Crippen LogP contribution in [0.5, 0.6) is 0 Å². The predicted octanol–water partition coefficient (Wildman–Crippen LogP) is -0.827. The number of carbonyl (C=O) groups is 2. The lowest BCUT2D eigenvalue weighted by Crippen LogP contribution is -2.09. The third-order valence-corrected chi connectivity index (χ3v) is 1.24. The molecule has 6 nitrogen and oxygen atoms in total. The van der Waals surface area contributed by atoms with Crippen LogP contribution in [0.15, 0.2) is 11.6 Å². The lowest BCUT2D eigenvalue weighted by Gasteiger charge is -2.02. The van der Waals surface area contributed by atoms with E-state index < -0.39 is 18.2 Å². The molecule has 0 radical (unpaired) electrons. The Labute approximate surface area is 73.7 Å². The van der Waals surface area contributed by atoms with Gasteiger partial charge in [-0.05, 0) is 6.42 Å². The summed E-state index contributed by atoms with van der Waals surface area (Å²) in [5.74, 6) is -2.74. The van der Waals surface area contributed by atoms with E-state index in [1.807, 2.05) is 0 Å². The van der Waals surface area contributed by atoms with Gasteiger partial charge in [0.25, 0.3) is 0 Å². The summed E-state index contributed by atoms with van der Waals surface area (Å²) in [7, 11) is 0. The second kappa shape index (κ2) is 5.28. The van der Waals surface area contributed by atoms with Crippen LogP contribution in [0.2, 0.25) is 0 Å². The summed E-state index contributed by atoms with van der Waals surface area (Å²) >= 11 is 0. The van der Waals surface area contributed by atoms with Gasteiger partial charge in [-0.3, -0.25) is 0 Å². The molecule has 0 aliphatic rings. The van der Waals surface area contributed by atoms with E-state index in [4.69, 9.17) is 20.4 Å². The van der Waals surface area contributed by atoms with Crippen molar-refractivity contribution >= 4 is 11.9 Å². The average Bonchev–Trinajstić information content (AvgIpc) is 1.96. The molecule has 0 aliphatic heterocycles. The van der Waals surface area contributed by atoms with Crippen molar-refractivity contribution in [3.05, 3.63) is 11.6 Å². The summed E-state index contributed by atoms with van der Waals surface area (Å²) in [6.07, 6.45) is -1.49. The summed E-state index contributed by atoms with van der Waals surface area (Å²) in [4.78, 5) is 20.4. The average molecular weight is 190 g/mol. The highest BCUT2D eigenvalue weighted by Gasteiger charge is 2.10. The van der Waals surface area contributed by atoms with Crippen LogP contribution in [0.1, 0.15) is 12.8 Å². The van der Waals surface area contributed by atoms with E-state index in [1.54, 1.807) is 0 Å². The van der Waals surface area contributed by atoms with Crippen molar-refractivity contribution in [2.75, 3.05) is 0 Å². The van der Waals surface area contributed by atoms with Crippen LogP contribution in [0.3, 0.4) is 0 Å². The number of aliphatic hydroxyl groups excluding tert-OH is 1. The van der Waals surface area contributed by atoms with Gasteiger partial charge in [-0.2, -0.15) is 0 Å². The molecule has 0 aromatic heterocycles. The number of aliphatic hydroxyl groups is 2. The summed E-state index contributed by atoms with van der Waals surface area (Å²) in [5.41, 5.74) is -0.361. The molecule has 0 rings (SSSR count). The smallest absolute Gasteiger partial charge is 0.331 e. The maximum Gasteiger partial charge on any atom is 0.331 e. The molecule has 13 heavy (non-hydrogen) atoms. The van der Waals surface area contributed by atoms with Crippen LogP contribution >= 0.6 is 0 Å². The first kappa shape index (κ1) is 11.6. The van der Waals surface area contributed by atoms with Crippen molar-refractivity contribution in [1.29, 1.82) is 0 Å². The van der Waals surface area contributed by atoms with E-state index in [2.05, 4.69) is 0 Å². The highest BCUT2D eigenvalue weighted by molar-refractivity contribution is 5.94. The maximum absolute atomic E-state index is 10.4. The molecule has 0 aromatic carbocycles. The van der Waals surface area contributed by atoms with Crippen molar-refractivity contribution in [2.24, 2.45) is 0 Å². The third-order valence-electron chi connectivity index (χ3n) is 1.24. The Kier molecular flexibility index (Phi) is 4.71. The zero-order valence-electron chi connectivity index (χ0n) is 6.67. The number of hydrogen-bond donors (Lipinski definition) is 4. The molecule has 0 spiro atoms. The Morgan fingerprint density at radius 1 is 1.23 bits per heavy atom. The Bertz CT molecular complexity index is 229. The molecule has 6 heteroatoms. The van der Waals surface area contributed by atoms with Crippen LogP contribution in [-0.2, 0) is 9.59 Å². The van der Waals surface area contributed by atoms with Crippen molar-refractivity contribution < 1.29 is 30.0 Å². The van der Waals surface area contributed by atoms with Gasteiger partial charge < -0.3 is 20.4 Å². The molecule has 0 bridgehead atoms.